The Morgan fingerprint density at radius 1 is 1.00 bits per heavy atom. The van der Waals surface area contributed by atoms with E-state index in [0.717, 1.165) is 51.7 Å². The molecule has 0 saturated carbocycles. The van der Waals surface area contributed by atoms with E-state index in [9.17, 15) is 23.1 Å². The smallest absolute Gasteiger partial charge is 0.416 e. The van der Waals surface area contributed by atoms with Gasteiger partial charge in [0.2, 0.25) is 0 Å². The second-order valence-electron chi connectivity index (χ2n) is 9.32. The number of ether oxygens (including phenoxy) is 1. The molecule has 5 nitrogen and oxygen atoms in total. The predicted molar refractivity (Wildman–Crippen MR) is 150 cm³/mol. The van der Waals surface area contributed by atoms with E-state index >= 15 is 0 Å². The van der Waals surface area contributed by atoms with Gasteiger partial charge in [-0.25, -0.2) is 0 Å². The van der Waals surface area contributed by atoms with E-state index in [1.54, 1.807) is 19.9 Å². The molecule has 1 heterocycles. The molecule has 4 aromatic rings. The topological polar surface area (TPSA) is 72.6 Å². The molecule has 0 unspecified atom stereocenters. The highest BCUT2D eigenvalue weighted by Gasteiger charge is 2.30. The van der Waals surface area contributed by atoms with Crippen molar-refractivity contribution in [1.29, 1.82) is 0 Å². The summed E-state index contributed by atoms with van der Waals surface area (Å²) in [5, 5.41) is 14.7. The molecule has 1 N–H and O–H groups in total. The Labute approximate surface area is 235 Å². The average Bonchev–Trinajstić information content (AvgIpc) is 3.30. The van der Waals surface area contributed by atoms with Crippen LogP contribution < -0.4 is 0 Å². The summed E-state index contributed by atoms with van der Waals surface area (Å²) in [5.41, 5.74) is 4.23. The van der Waals surface area contributed by atoms with Gasteiger partial charge < -0.3 is 14.4 Å². The van der Waals surface area contributed by atoms with Gasteiger partial charge in [0.05, 0.1) is 17.9 Å². The number of thioether (sulfide) groups is 1. The maximum Gasteiger partial charge on any atom is 0.416 e. The minimum atomic E-state index is -4.40. The van der Waals surface area contributed by atoms with Crippen LogP contribution in [0.2, 0.25) is 0 Å². The zero-order valence-corrected chi connectivity index (χ0v) is 23.0. The average molecular weight is 570 g/mol. The van der Waals surface area contributed by atoms with Crippen molar-refractivity contribution in [3.05, 3.63) is 101 Å². The summed E-state index contributed by atoms with van der Waals surface area (Å²) in [5.74, 6) is 0.587. The molecule has 0 radical (unpaired) electrons. The van der Waals surface area contributed by atoms with Gasteiger partial charge >= 0.3 is 12.1 Å². The van der Waals surface area contributed by atoms with Crippen LogP contribution in [0.5, 0.6) is 0 Å². The maximum atomic E-state index is 13.0. The van der Waals surface area contributed by atoms with Gasteiger partial charge in [-0.15, -0.1) is 11.8 Å². The second-order valence-corrected chi connectivity index (χ2v) is 10.5. The Kier molecular flexibility index (Phi) is 9.71. The van der Waals surface area contributed by atoms with E-state index in [1.165, 1.54) is 6.07 Å². The van der Waals surface area contributed by atoms with Crippen molar-refractivity contribution in [2.75, 3.05) is 6.61 Å². The fraction of sp³-hybridized carbons (Fsp3) is 0.290. The van der Waals surface area contributed by atoms with E-state index < -0.39 is 17.2 Å². The fourth-order valence-corrected chi connectivity index (χ4v) is 5.13. The van der Waals surface area contributed by atoms with E-state index in [4.69, 9.17) is 9.26 Å². The molecular formula is C31H30F3NO4S. The first-order chi connectivity index (χ1) is 19.1. The van der Waals surface area contributed by atoms with Crippen molar-refractivity contribution in [1.82, 2.24) is 5.16 Å². The normalized spacial score (nSPS) is 12.3. The van der Waals surface area contributed by atoms with Crippen molar-refractivity contribution < 1.29 is 32.3 Å². The molecule has 4 rings (SSSR count). The summed E-state index contributed by atoms with van der Waals surface area (Å²) in [6.45, 7) is 3.97. The molecule has 210 valence electrons. The number of carbonyl (C=O) groups is 1. The van der Waals surface area contributed by atoms with Crippen LogP contribution in [0.4, 0.5) is 13.2 Å². The Balaban J connectivity index is 1.39. The number of aliphatic hydroxyl groups excluding tert-OH is 1. The Morgan fingerprint density at radius 2 is 1.65 bits per heavy atom. The molecule has 1 aromatic heterocycles. The SMILES string of the molecule is CCOC(=O)CCc1ccc(-c2ccc(-c3onc(C)c3C[C@@H](O)SCc3cccc(C(F)(F)F)c3)cc2)cc1. The van der Waals surface area contributed by atoms with Crippen LogP contribution in [-0.4, -0.2) is 28.3 Å². The fourth-order valence-electron chi connectivity index (χ4n) is 4.28. The molecule has 3 aromatic carbocycles. The number of carbonyl (C=O) groups excluding carboxylic acids is 1. The first kappa shape index (κ1) is 29.4. The van der Waals surface area contributed by atoms with Crippen molar-refractivity contribution in [3.8, 4) is 22.5 Å². The molecule has 0 aliphatic heterocycles. The van der Waals surface area contributed by atoms with Crippen molar-refractivity contribution in [2.24, 2.45) is 0 Å². The van der Waals surface area contributed by atoms with Crippen LogP contribution in [-0.2, 0) is 34.3 Å². The first-order valence-electron chi connectivity index (χ1n) is 12.9. The third-order valence-corrected chi connectivity index (χ3v) is 7.47. The van der Waals surface area contributed by atoms with Crippen molar-refractivity contribution >= 4 is 17.7 Å². The van der Waals surface area contributed by atoms with Crippen LogP contribution in [0.25, 0.3) is 22.5 Å². The number of aliphatic hydroxyl groups is 1. The lowest BCUT2D eigenvalue weighted by molar-refractivity contribution is -0.143. The molecule has 9 heteroatoms. The summed E-state index contributed by atoms with van der Waals surface area (Å²) >= 11 is 1.16. The van der Waals surface area contributed by atoms with Crippen LogP contribution in [0, 0.1) is 6.92 Å². The van der Waals surface area contributed by atoms with E-state index in [2.05, 4.69) is 5.16 Å². The highest BCUT2D eigenvalue weighted by atomic mass is 32.2. The number of aryl methyl sites for hydroxylation is 2. The van der Waals surface area contributed by atoms with Gasteiger partial charge in [0.1, 0.15) is 5.44 Å². The molecule has 0 amide bonds. The number of esters is 1. The summed E-state index contributed by atoms with van der Waals surface area (Å²) in [6, 6.07) is 21.0. The van der Waals surface area contributed by atoms with Gasteiger partial charge in [-0.3, -0.25) is 4.79 Å². The number of nitrogens with zero attached hydrogens (tertiary/aromatic N) is 1. The number of hydrogen-bond donors (Lipinski definition) is 1. The summed E-state index contributed by atoms with van der Waals surface area (Å²) in [7, 11) is 0. The Bertz CT molecular complexity index is 1420. The van der Waals surface area contributed by atoms with Gasteiger partial charge in [0.25, 0.3) is 0 Å². The lowest BCUT2D eigenvalue weighted by Gasteiger charge is -2.12. The summed E-state index contributed by atoms with van der Waals surface area (Å²) in [4.78, 5) is 11.6. The molecular weight excluding hydrogens is 539 g/mol. The van der Waals surface area contributed by atoms with Gasteiger partial charge in [0, 0.05) is 29.7 Å². The standard InChI is InChI=1S/C31H30F3NO4S/c1-3-38-28(36)16-9-21-7-10-23(11-8-21)24-12-14-25(15-13-24)30-27(20(2)35-39-30)18-29(37)40-19-22-5-4-6-26(17-22)31(32,33)34/h4-8,10-15,17,29,37H,3,9,16,18-19H2,1-2H3/t29-/m0/s1. The largest absolute Gasteiger partial charge is 0.466 e. The molecule has 0 spiro atoms. The minimum Gasteiger partial charge on any atom is -0.466 e. The Hall–Kier alpha value is -3.56. The minimum absolute atomic E-state index is 0.203. The van der Waals surface area contributed by atoms with Gasteiger partial charge in [0.15, 0.2) is 5.76 Å². The van der Waals surface area contributed by atoms with Gasteiger partial charge in [-0.2, -0.15) is 13.2 Å². The van der Waals surface area contributed by atoms with E-state index in [0.29, 0.717) is 36.5 Å². The predicted octanol–water partition coefficient (Wildman–Crippen LogP) is 7.63. The third-order valence-electron chi connectivity index (χ3n) is 6.42. The quantitative estimate of drug-likeness (QED) is 0.148. The summed E-state index contributed by atoms with van der Waals surface area (Å²) < 4.78 is 49.5. The number of halogens is 3. The third kappa shape index (κ3) is 7.76. The zero-order chi connectivity index (χ0) is 28.7. The number of alkyl halides is 3. The Morgan fingerprint density at radius 3 is 2.30 bits per heavy atom. The molecule has 0 bridgehead atoms. The molecule has 0 saturated heterocycles. The highest BCUT2D eigenvalue weighted by molar-refractivity contribution is 7.98. The first-order valence-corrected chi connectivity index (χ1v) is 13.9. The number of benzene rings is 3. The zero-order valence-electron chi connectivity index (χ0n) is 22.2. The van der Waals surface area contributed by atoms with Crippen LogP contribution in [0.1, 0.15) is 41.3 Å². The number of hydrogen-bond acceptors (Lipinski definition) is 6. The molecule has 0 aliphatic rings. The molecule has 40 heavy (non-hydrogen) atoms. The van der Waals surface area contributed by atoms with Crippen molar-refractivity contribution in [3.63, 3.8) is 0 Å². The lowest BCUT2D eigenvalue weighted by Crippen LogP contribution is -2.08. The monoisotopic (exact) mass is 569 g/mol. The number of rotatable bonds is 11. The molecule has 1 atom stereocenters. The van der Waals surface area contributed by atoms with Crippen LogP contribution in [0.15, 0.2) is 77.3 Å². The second kappa shape index (κ2) is 13.2. The van der Waals surface area contributed by atoms with E-state index in [1.807, 2.05) is 48.5 Å². The van der Waals surface area contributed by atoms with Gasteiger partial charge in [-0.05, 0) is 48.6 Å². The lowest BCUT2D eigenvalue weighted by atomic mass is 9.99. The summed E-state index contributed by atoms with van der Waals surface area (Å²) in [6.07, 6.45) is -3.20. The highest BCUT2D eigenvalue weighted by Crippen LogP contribution is 2.33. The van der Waals surface area contributed by atoms with Gasteiger partial charge in [-0.1, -0.05) is 71.9 Å². The molecule has 0 aliphatic carbocycles. The van der Waals surface area contributed by atoms with E-state index in [-0.39, 0.29) is 18.1 Å². The van der Waals surface area contributed by atoms with Crippen molar-refractivity contribution in [2.45, 2.75) is 50.5 Å². The van der Waals surface area contributed by atoms with Crippen LogP contribution >= 0.6 is 11.8 Å². The maximum absolute atomic E-state index is 13.0. The number of aromatic nitrogens is 1. The molecule has 0 fully saturated rings. The van der Waals surface area contributed by atoms with Crippen LogP contribution in [0.3, 0.4) is 0 Å².